The number of sulfonamides is 1. The number of benzene rings is 2. The maximum Gasteiger partial charge on any atom is 0.261 e. The Hall–Kier alpha value is -2.08. The Morgan fingerprint density at radius 2 is 1.86 bits per heavy atom. The van der Waals surface area contributed by atoms with E-state index in [-0.39, 0.29) is 4.90 Å². The second kappa shape index (κ2) is 5.04. The minimum absolute atomic E-state index is 0.0396. The molecule has 0 aliphatic carbocycles. The summed E-state index contributed by atoms with van der Waals surface area (Å²) in [6, 6.07) is 10.3. The van der Waals surface area contributed by atoms with Crippen LogP contribution >= 0.6 is 0 Å². The molecule has 0 saturated heterocycles. The topological polar surface area (TPSA) is 49.4 Å². The van der Waals surface area contributed by atoms with Gasteiger partial charge in [-0.25, -0.2) is 12.8 Å². The number of nitrogens with one attached hydrogen (secondary N) is 1. The van der Waals surface area contributed by atoms with Crippen LogP contribution in [0.2, 0.25) is 0 Å². The number of anilines is 2. The maximum absolute atomic E-state index is 12.9. The predicted molar refractivity (Wildman–Crippen MR) is 80.6 cm³/mol. The van der Waals surface area contributed by atoms with Crippen molar-refractivity contribution in [2.45, 2.75) is 11.3 Å². The number of rotatable bonds is 3. The lowest BCUT2D eigenvalue weighted by atomic mass is 10.1. The van der Waals surface area contributed by atoms with Crippen molar-refractivity contribution in [2.75, 3.05) is 23.2 Å². The molecule has 0 radical (unpaired) electrons. The van der Waals surface area contributed by atoms with Gasteiger partial charge in [0.2, 0.25) is 0 Å². The summed E-state index contributed by atoms with van der Waals surface area (Å²) in [5.74, 6) is -0.465. The van der Waals surface area contributed by atoms with Crippen molar-refractivity contribution in [1.29, 1.82) is 0 Å². The molecule has 0 amide bonds. The minimum Gasteiger partial charge on any atom is -0.374 e. The van der Waals surface area contributed by atoms with Crippen LogP contribution in [-0.4, -0.2) is 22.0 Å². The van der Waals surface area contributed by atoms with Crippen molar-refractivity contribution in [3.8, 4) is 0 Å². The van der Waals surface area contributed by atoms with Gasteiger partial charge in [-0.3, -0.25) is 4.72 Å². The fourth-order valence-corrected chi connectivity index (χ4v) is 3.48. The molecule has 110 valence electrons. The molecule has 0 saturated carbocycles. The van der Waals surface area contributed by atoms with Gasteiger partial charge in [-0.2, -0.15) is 0 Å². The van der Waals surface area contributed by atoms with Gasteiger partial charge in [-0.05, 0) is 48.4 Å². The van der Waals surface area contributed by atoms with Crippen LogP contribution in [0.25, 0.3) is 0 Å². The summed E-state index contributed by atoms with van der Waals surface area (Å²) in [7, 11) is -1.72. The third kappa shape index (κ3) is 2.71. The van der Waals surface area contributed by atoms with Crippen LogP contribution in [0.1, 0.15) is 5.56 Å². The van der Waals surface area contributed by atoms with Crippen molar-refractivity contribution in [3.05, 3.63) is 53.8 Å². The first kappa shape index (κ1) is 13.9. The molecule has 0 spiro atoms. The van der Waals surface area contributed by atoms with Gasteiger partial charge in [0.05, 0.1) is 10.6 Å². The van der Waals surface area contributed by atoms with Crippen LogP contribution in [0.3, 0.4) is 0 Å². The molecule has 21 heavy (non-hydrogen) atoms. The number of halogens is 1. The zero-order valence-electron chi connectivity index (χ0n) is 11.5. The van der Waals surface area contributed by atoms with Crippen LogP contribution in [0.4, 0.5) is 15.8 Å². The fourth-order valence-electron chi connectivity index (χ4n) is 2.43. The van der Waals surface area contributed by atoms with E-state index in [9.17, 15) is 12.8 Å². The second-order valence-corrected chi connectivity index (χ2v) is 6.76. The highest BCUT2D eigenvalue weighted by atomic mass is 32.2. The smallest absolute Gasteiger partial charge is 0.261 e. The highest BCUT2D eigenvalue weighted by Gasteiger charge is 2.18. The van der Waals surface area contributed by atoms with Gasteiger partial charge in [-0.1, -0.05) is 6.07 Å². The predicted octanol–water partition coefficient (Wildman–Crippen LogP) is 2.62. The molecule has 2 aromatic carbocycles. The molecule has 0 fully saturated rings. The van der Waals surface area contributed by atoms with Crippen LogP contribution in [0.15, 0.2) is 47.4 Å². The summed E-state index contributed by atoms with van der Waals surface area (Å²) in [5.41, 5.74) is 2.75. The summed E-state index contributed by atoms with van der Waals surface area (Å²) < 4.78 is 39.9. The molecule has 2 aromatic rings. The largest absolute Gasteiger partial charge is 0.374 e. The van der Waals surface area contributed by atoms with Gasteiger partial charge in [0.15, 0.2) is 0 Å². The quantitative estimate of drug-likeness (QED) is 0.948. The Balaban J connectivity index is 1.89. The van der Waals surface area contributed by atoms with Gasteiger partial charge in [-0.15, -0.1) is 0 Å². The Bertz CT molecular complexity index is 773. The van der Waals surface area contributed by atoms with Crippen LogP contribution < -0.4 is 9.62 Å². The first-order valence-corrected chi connectivity index (χ1v) is 8.06. The lowest BCUT2D eigenvalue weighted by molar-refractivity contribution is 0.599. The summed E-state index contributed by atoms with van der Waals surface area (Å²) in [4.78, 5) is 2.13. The lowest BCUT2D eigenvalue weighted by Gasteiger charge is -2.14. The molecule has 6 heteroatoms. The van der Waals surface area contributed by atoms with Crippen molar-refractivity contribution < 1.29 is 12.8 Å². The van der Waals surface area contributed by atoms with Gasteiger partial charge in [0.1, 0.15) is 5.82 Å². The fraction of sp³-hybridized carbons (Fsp3) is 0.200. The zero-order valence-corrected chi connectivity index (χ0v) is 12.3. The number of likely N-dealkylation sites (N-methyl/N-ethyl adjacent to an activating group) is 1. The molecule has 3 rings (SSSR count). The first-order chi connectivity index (χ1) is 9.95. The molecule has 0 aromatic heterocycles. The summed E-state index contributed by atoms with van der Waals surface area (Å²) >= 11 is 0. The standard InChI is InChI=1S/C15H15FN2O2S/c1-18-9-8-11-2-5-13(10-15(11)18)17-21(19,20)14-6-3-12(16)4-7-14/h2-7,10,17H,8-9H2,1H3. The first-order valence-electron chi connectivity index (χ1n) is 6.58. The Kier molecular flexibility index (Phi) is 3.33. The summed E-state index contributed by atoms with van der Waals surface area (Å²) in [6.07, 6.45) is 0.969. The van der Waals surface area contributed by atoms with Gasteiger partial charge in [0, 0.05) is 19.3 Å². The summed E-state index contributed by atoms with van der Waals surface area (Å²) in [5, 5.41) is 0. The molecule has 0 bridgehead atoms. The van der Waals surface area contributed by atoms with Crippen LogP contribution in [0.5, 0.6) is 0 Å². The van der Waals surface area contributed by atoms with E-state index in [2.05, 4.69) is 9.62 Å². The maximum atomic E-state index is 12.9. The molecular formula is C15H15FN2O2S. The third-order valence-corrected chi connectivity index (χ3v) is 4.99. The van der Waals surface area contributed by atoms with Gasteiger partial charge in [0.25, 0.3) is 10.0 Å². The van der Waals surface area contributed by atoms with E-state index in [4.69, 9.17) is 0 Å². The van der Waals surface area contributed by atoms with Crippen molar-refractivity contribution >= 4 is 21.4 Å². The number of nitrogens with zero attached hydrogens (tertiary/aromatic N) is 1. The van der Waals surface area contributed by atoms with E-state index in [1.54, 1.807) is 6.07 Å². The number of hydrogen-bond donors (Lipinski definition) is 1. The lowest BCUT2D eigenvalue weighted by Crippen LogP contribution is -2.14. The highest BCUT2D eigenvalue weighted by molar-refractivity contribution is 7.92. The monoisotopic (exact) mass is 306 g/mol. The van der Waals surface area contributed by atoms with Crippen molar-refractivity contribution in [3.63, 3.8) is 0 Å². The molecule has 4 nitrogen and oxygen atoms in total. The van der Waals surface area contributed by atoms with E-state index < -0.39 is 15.8 Å². The van der Waals surface area contributed by atoms with Crippen molar-refractivity contribution in [1.82, 2.24) is 0 Å². The number of fused-ring (bicyclic) bond motifs is 1. The van der Waals surface area contributed by atoms with E-state index in [1.165, 1.54) is 17.7 Å². The molecule has 0 atom stereocenters. The van der Waals surface area contributed by atoms with E-state index in [0.29, 0.717) is 5.69 Å². The van der Waals surface area contributed by atoms with E-state index in [0.717, 1.165) is 30.8 Å². The van der Waals surface area contributed by atoms with Gasteiger partial charge < -0.3 is 4.90 Å². The minimum atomic E-state index is -3.70. The highest BCUT2D eigenvalue weighted by Crippen LogP contribution is 2.30. The van der Waals surface area contributed by atoms with Crippen LogP contribution in [0, 0.1) is 5.82 Å². The Labute approximate surface area is 123 Å². The third-order valence-electron chi connectivity index (χ3n) is 3.59. The number of hydrogen-bond acceptors (Lipinski definition) is 3. The Morgan fingerprint density at radius 1 is 1.14 bits per heavy atom. The SMILES string of the molecule is CN1CCc2ccc(NS(=O)(=O)c3ccc(F)cc3)cc21. The average Bonchev–Trinajstić information content (AvgIpc) is 2.80. The molecule has 0 unspecified atom stereocenters. The zero-order chi connectivity index (χ0) is 15.0. The summed E-state index contributed by atoms with van der Waals surface area (Å²) in [6.45, 7) is 0.934. The molecule has 1 aliphatic rings. The average molecular weight is 306 g/mol. The molecular weight excluding hydrogens is 291 g/mol. The van der Waals surface area contributed by atoms with Crippen molar-refractivity contribution in [2.24, 2.45) is 0 Å². The van der Waals surface area contributed by atoms with E-state index in [1.807, 2.05) is 19.2 Å². The Morgan fingerprint density at radius 3 is 2.57 bits per heavy atom. The van der Waals surface area contributed by atoms with Crippen LogP contribution in [-0.2, 0) is 16.4 Å². The van der Waals surface area contributed by atoms with Gasteiger partial charge >= 0.3 is 0 Å². The van der Waals surface area contributed by atoms with E-state index >= 15 is 0 Å². The molecule has 1 N–H and O–H groups in total. The normalized spacial score (nSPS) is 14.1. The second-order valence-electron chi connectivity index (χ2n) is 5.07. The molecule has 1 heterocycles. The molecule has 1 aliphatic heterocycles.